The normalized spacial score (nSPS) is 16.1. The van der Waals surface area contributed by atoms with Gasteiger partial charge in [-0.2, -0.15) is 0 Å². The first-order valence-corrected chi connectivity index (χ1v) is 9.59. The Kier molecular flexibility index (Phi) is 7.07. The van der Waals surface area contributed by atoms with Crippen LogP contribution in [0, 0.1) is 17.5 Å². The molecular weight excluding hydrogens is 397 g/mol. The highest BCUT2D eigenvalue weighted by Crippen LogP contribution is 2.16. The van der Waals surface area contributed by atoms with Gasteiger partial charge in [-0.1, -0.05) is 6.07 Å². The van der Waals surface area contributed by atoms with Gasteiger partial charge in [-0.15, -0.1) is 0 Å². The van der Waals surface area contributed by atoms with Crippen molar-refractivity contribution in [3.05, 3.63) is 59.9 Å². The topological polar surface area (TPSA) is 64.7 Å². The molecule has 1 saturated heterocycles. The largest absolute Gasteiger partial charge is 0.325 e. The van der Waals surface area contributed by atoms with Gasteiger partial charge >= 0.3 is 0 Å². The van der Waals surface area contributed by atoms with Crippen molar-refractivity contribution in [1.29, 1.82) is 0 Å². The van der Waals surface area contributed by atoms with E-state index in [4.69, 9.17) is 0 Å². The van der Waals surface area contributed by atoms with Crippen LogP contribution in [0.2, 0.25) is 0 Å². The second kappa shape index (κ2) is 9.73. The quantitative estimate of drug-likeness (QED) is 0.754. The molecule has 1 aliphatic rings. The van der Waals surface area contributed by atoms with Gasteiger partial charge in [0.1, 0.15) is 17.5 Å². The van der Waals surface area contributed by atoms with Crippen molar-refractivity contribution < 1.29 is 22.8 Å². The first kappa shape index (κ1) is 21.8. The molecule has 6 nitrogen and oxygen atoms in total. The third-order valence-corrected chi connectivity index (χ3v) is 5.00. The van der Waals surface area contributed by atoms with Gasteiger partial charge in [-0.25, -0.2) is 13.2 Å². The molecule has 0 aliphatic carbocycles. The Balaban J connectivity index is 1.45. The minimum Gasteiger partial charge on any atom is -0.325 e. The Morgan fingerprint density at radius 2 is 1.67 bits per heavy atom. The standard InChI is InChI=1S/C21H23F3N4O2/c1-14(21(30)25-17-4-2-3-15(22)11-17)28-9-7-27(8-10-28)13-20(29)26-19-6-5-16(23)12-18(19)24/h2-6,11-12,14H,7-10,13H2,1H3,(H,25,30)(H,26,29). The van der Waals surface area contributed by atoms with Crippen molar-refractivity contribution >= 4 is 23.2 Å². The maximum absolute atomic E-state index is 13.6. The summed E-state index contributed by atoms with van der Waals surface area (Å²) < 4.78 is 39.9. The lowest BCUT2D eigenvalue weighted by atomic mass is 10.2. The monoisotopic (exact) mass is 420 g/mol. The van der Waals surface area contributed by atoms with Crippen LogP contribution in [0.5, 0.6) is 0 Å². The van der Waals surface area contributed by atoms with E-state index in [-0.39, 0.29) is 18.1 Å². The molecule has 1 atom stereocenters. The fraction of sp³-hybridized carbons (Fsp3) is 0.333. The molecule has 160 valence electrons. The lowest BCUT2D eigenvalue weighted by Crippen LogP contribution is -2.53. The molecule has 2 aromatic carbocycles. The molecule has 3 rings (SSSR count). The van der Waals surface area contributed by atoms with Crippen molar-refractivity contribution in [2.24, 2.45) is 0 Å². The number of halogens is 3. The molecule has 1 aliphatic heterocycles. The van der Waals surface area contributed by atoms with Gasteiger partial charge in [0.2, 0.25) is 11.8 Å². The number of benzene rings is 2. The zero-order valence-electron chi connectivity index (χ0n) is 16.5. The third kappa shape index (κ3) is 5.80. The van der Waals surface area contributed by atoms with E-state index in [9.17, 15) is 22.8 Å². The van der Waals surface area contributed by atoms with Gasteiger partial charge in [-0.05, 0) is 37.3 Å². The van der Waals surface area contributed by atoms with E-state index in [1.165, 1.54) is 24.3 Å². The summed E-state index contributed by atoms with van der Waals surface area (Å²) in [4.78, 5) is 28.4. The smallest absolute Gasteiger partial charge is 0.241 e. The van der Waals surface area contributed by atoms with E-state index in [1.54, 1.807) is 13.0 Å². The summed E-state index contributed by atoms with van der Waals surface area (Å²) in [5.41, 5.74) is 0.331. The molecule has 30 heavy (non-hydrogen) atoms. The molecule has 9 heteroatoms. The Bertz CT molecular complexity index is 917. The lowest BCUT2D eigenvalue weighted by molar-refractivity contribution is -0.122. The average molecular weight is 420 g/mol. The van der Waals surface area contributed by atoms with Gasteiger partial charge in [0, 0.05) is 37.9 Å². The van der Waals surface area contributed by atoms with Gasteiger partial charge in [0.15, 0.2) is 0 Å². The maximum Gasteiger partial charge on any atom is 0.241 e. The fourth-order valence-electron chi connectivity index (χ4n) is 3.27. The number of nitrogens with one attached hydrogen (secondary N) is 2. The van der Waals surface area contributed by atoms with Crippen LogP contribution in [0.15, 0.2) is 42.5 Å². The number of carbonyl (C=O) groups is 2. The number of carbonyl (C=O) groups excluding carboxylic acids is 2. The van der Waals surface area contributed by atoms with Gasteiger partial charge < -0.3 is 10.6 Å². The van der Waals surface area contributed by atoms with E-state index in [0.717, 1.165) is 6.07 Å². The van der Waals surface area contributed by atoms with Gasteiger partial charge in [-0.3, -0.25) is 19.4 Å². The first-order valence-electron chi connectivity index (χ1n) is 9.59. The lowest BCUT2D eigenvalue weighted by Gasteiger charge is -2.37. The number of hydrogen-bond acceptors (Lipinski definition) is 4. The molecule has 0 spiro atoms. The molecule has 0 radical (unpaired) electrons. The number of anilines is 2. The Morgan fingerprint density at radius 1 is 0.967 bits per heavy atom. The predicted molar refractivity (Wildman–Crippen MR) is 107 cm³/mol. The van der Waals surface area contributed by atoms with E-state index in [1.807, 2.05) is 9.80 Å². The van der Waals surface area contributed by atoms with E-state index in [0.29, 0.717) is 37.9 Å². The highest BCUT2D eigenvalue weighted by molar-refractivity contribution is 5.94. The molecular formula is C21H23F3N4O2. The van der Waals surface area contributed by atoms with Crippen LogP contribution in [-0.4, -0.2) is 60.4 Å². The molecule has 1 heterocycles. The van der Waals surface area contributed by atoms with Crippen LogP contribution in [0.1, 0.15) is 6.92 Å². The molecule has 0 saturated carbocycles. The van der Waals surface area contributed by atoms with E-state index >= 15 is 0 Å². The molecule has 1 unspecified atom stereocenters. The summed E-state index contributed by atoms with van der Waals surface area (Å²) in [6.45, 7) is 4.07. The van der Waals surface area contributed by atoms with Gasteiger partial charge in [0.05, 0.1) is 18.3 Å². The summed E-state index contributed by atoms with van der Waals surface area (Å²) >= 11 is 0. The zero-order valence-corrected chi connectivity index (χ0v) is 16.5. The Morgan fingerprint density at radius 3 is 2.33 bits per heavy atom. The van der Waals surface area contributed by atoms with Crippen LogP contribution < -0.4 is 10.6 Å². The summed E-state index contributed by atoms with van der Waals surface area (Å²) in [6, 6.07) is 8.25. The highest BCUT2D eigenvalue weighted by Gasteiger charge is 2.26. The number of rotatable bonds is 6. The predicted octanol–water partition coefficient (Wildman–Crippen LogP) is 2.69. The number of nitrogens with zero attached hydrogens (tertiary/aromatic N) is 2. The van der Waals surface area contributed by atoms with Crippen molar-refractivity contribution in [1.82, 2.24) is 9.80 Å². The molecule has 1 fully saturated rings. The van der Waals surface area contributed by atoms with Crippen LogP contribution in [0.4, 0.5) is 24.5 Å². The van der Waals surface area contributed by atoms with Crippen LogP contribution in [-0.2, 0) is 9.59 Å². The summed E-state index contributed by atoms with van der Waals surface area (Å²) in [6.07, 6.45) is 0. The van der Waals surface area contributed by atoms with Crippen LogP contribution in [0.25, 0.3) is 0 Å². The Labute approximate surface area is 172 Å². The molecule has 0 bridgehead atoms. The van der Waals surface area contributed by atoms with E-state index in [2.05, 4.69) is 10.6 Å². The fourth-order valence-corrected chi connectivity index (χ4v) is 3.27. The number of amides is 2. The van der Waals surface area contributed by atoms with Crippen LogP contribution >= 0.6 is 0 Å². The first-order chi connectivity index (χ1) is 14.3. The van der Waals surface area contributed by atoms with Crippen molar-refractivity contribution in [2.75, 3.05) is 43.4 Å². The molecule has 0 aromatic heterocycles. The second-order valence-corrected chi connectivity index (χ2v) is 7.16. The number of hydrogen-bond donors (Lipinski definition) is 2. The molecule has 2 aromatic rings. The minimum atomic E-state index is -0.827. The number of piperazine rings is 1. The van der Waals surface area contributed by atoms with Crippen LogP contribution in [0.3, 0.4) is 0 Å². The van der Waals surface area contributed by atoms with Crippen molar-refractivity contribution in [2.45, 2.75) is 13.0 Å². The average Bonchev–Trinajstić information content (AvgIpc) is 2.70. The molecule has 2 N–H and O–H groups in total. The van der Waals surface area contributed by atoms with Crippen molar-refractivity contribution in [3.8, 4) is 0 Å². The van der Waals surface area contributed by atoms with Crippen molar-refractivity contribution in [3.63, 3.8) is 0 Å². The second-order valence-electron chi connectivity index (χ2n) is 7.16. The van der Waals surface area contributed by atoms with Gasteiger partial charge in [0.25, 0.3) is 0 Å². The Hall–Kier alpha value is -2.91. The SMILES string of the molecule is CC(C(=O)Nc1cccc(F)c1)N1CCN(CC(=O)Nc2ccc(F)cc2F)CC1. The third-order valence-electron chi connectivity index (χ3n) is 5.00. The highest BCUT2D eigenvalue weighted by atomic mass is 19.1. The summed E-state index contributed by atoms with van der Waals surface area (Å²) in [5.74, 6) is -2.60. The minimum absolute atomic E-state index is 0.0640. The summed E-state index contributed by atoms with van der Waals surface area (Å²) in [5, 5.41) is 5.14. The summed E-state index contributed by atoms with van der Waals surface area (Å²) in [7, 11) is 0. The zero-order chi connectivity index (χ0) is 21.7. The maximum atomic E-state index is 13.6. The van der Waals surface area contributed by atoms with E-state index < -0.39 is 29.4 Å². The molecule has 2 amide bonds.